The highest BCUT2D eigenvalue weighted by atomic mass is 35.5. The fraction of sp³-hybridized carbons (Fsp3) is 0.529. The second kappa shape index (κ2) is 7.32. The van der Waals surface area contributed by atoms with Crippen LogP contribution < -0.4 is 10.6 Å². The van der Waals surface area contributed by atoms with E-state index in [1.165, 1.54) is 0 Å². The number of rotatable bonds is 5. The van der Waals surface area contributed by atoms with E-state index in [1.54, 1.807) is 32.0 Å². The predicted molar refractivity (Wildman–Crippen MR) is 90.6 cm³/mol. The highest BCUT2D eigenvalue weighted by Gasteiger charge is 2.36. The van der Waals surface area contributed by atoms with Crippen molar-refractivity contribution < 1.29 is 14.3 Å². The molecular formula is C17H23ClN2O3. The van der Waals surface area contributed by atoms with Crippen molar-refractivity contribution in [2.24, 2.45) is 5.41 Å². The lowest BCUT2D eigenvalue weighted by molar-refractivity contribution is -0.138. The van der Waals surface area contributed by atoms with Gasteiger partial charge in [0, 0.05) is 23.9 Å². The van der Waals surface area contributed by atoms with Crippen molar-refractivity contribution in [3.8, 4) is 0 Å². The minimum absolute atomic E-state index is 0.0491. The highest BCUT2D eigenvalue weighted by molar-refractivity contribution is 6.31. The second-order valence-electron chi connectivity index (χ2n) is 6.34. The van der Waals surface area contributed by atoms with Crippen LogP contribution in [-0.2, 0) is 14.3 Å². The zero-order valence-corrected chi connectivity index (χ0v) is 14.5. The number of nitrogens with one attached hydrogen (secondary N) is 2. The van der Waals surface area contributed by atoms with Crippen LogP contribution in [0.2, 0.25) is 5.02 Å². The molecule has 126 valence electrons. The first-order valence-corrected chi connectivity index (χ1v) is 8.16. The van der Waals surface area contributed by atoms with Gasteiger partial charge in [-0.25, -0.2) is 0 Å². The first-order valence-electron chi connectivity index (χ1n) is 7.79. The number of carbonyl (C=O) groups excluding carboxylic acids is 2. The number of anilines is 1. The molecular weight excluding hydrogens is 316 g/mol. The number of benzene rings is 1. The van der Waals surface area contributed by atoms with E-state index < -0.39 is 5.41 Å². The van der Waals surface area contributed by atoms with Crippen LogP contribution in [0.25, 0.3) is 0 Å². The third-order valence-corrected chi connectivity index (χ3v) is 4.57. The molecule has 1 heterocycles. The molecule has 5 nitrogen and oxygen atoms in total. The molecule has 1 aromatic carbocycles. The van der Waals surface area contributed by atoms with Gasteiger partial charge in [0.2, 0.25) is 11.8 Å². The van der Waals surface area contributed by atoms with Crippen LogP contribution in [0.1, 0.15) is 32.3 Å². The van der Waals surface area contributed by atoms with Crippen molar-refractivity contribution in [3.63, 3.8) is 0 Å². The Bertz CT molecular complexity index is 596. The first-order chi connectivity index (χ1) is 10.8. The second-order valence-corrected chi connectivity index (χ2v) is 6.74. The average molecular weight is 339 g/mol. The van der Waals surface area contributed by atoms with Gasteiger partial charge in [-0.1, -0.05) is 17.7 Å². The van der Waals surface area contributed by atoms with Crippen molar-refractivity contribution in [1.82, 2.24) is 5.32 Å². The summed E-state index contributed by atoms with van der Waals surface area (Å²) >= 11 is 6.05. The van der Waals surface area contributed by atoms with Gasteiger partial charge in [0.05, 0.1) is 6.10 Å². The van der Waals surface area contributed by atoms with E-state index in [0.717, 1.165) is 25.0 Å². The van der Waals surface area contributed by atoms with E-state index in [0.29, 0.717) is 17.3 Å². The Morgan fingerprint density at radius 1 is 1.35 bits per heavy atom. The summed E-state index contributed by atoms with van der Waals surface area (Å²) in [6.45, 7) is 6.20. The van der Waals surface area contributed by atoms with Crippen LogP contribution in [0.5, 0.6) is 0 Å². The van der Waals surface area contributed by atoms with Gasteiger partial charge in [-0.2, -0.15) is 0 Å². The Labute approximate surface area is 141 Å². The van der Waals surface area contributed by atoms with Gasteiger partial charge in [-0.15, -0.1) is 0 Å². The molecule has 1 saturated heterocycles. The Balaban J connectivity index is 1.98. The number of hydrogen-bond acceptors (Lipinski definition) is 3. The average Bonchev–Trinajstić information content (AvgIpc) is 3.02. The van der Waals surface area contributed by atoms with E-state index in [-0.39, 0.29) is 17.9 Å². The Hall–Kier alpha value is -1.59. The lowest BCUT2D eigenvalue weighted by Crippen LogP contribution is -2.47. The summed E-state index contributed by atoms with van der Waals surface area (Å²) in [7, 11) is 0. The molecule has 1 fully saturated rings. The molecule has 1 aliphatic heterocycles. The van der Waals surface area contributed by atoms with E-state index >= 15 is 0 Å². The third kappa shape index (κ3) is 4.24. The first kappa shape index (κ1) is 17.8. The van der Waals surface area contributed by atoms with Crippen molar-refractivity contribution in [3.05, 3.63) is 28.8 Å². The number of carbonyl (C=O) groups is 2. The molecule has 2 rings (SSSR count). The summed E-state index contributed by atoms with van der Waals surface area (Å²) in [6, 6.07) is 5.28. The monoisotopic (exact) mass is 338 g/mol. The molecule has 0 radical (unpaired) electrons. The molecule has 1 atom stereocenters. The Kier molecular flexibility index (Phi) is 5.65. The maximum absolute atomic E-state index is 12.5. The predicted octanol–water partition coefficient (Wildman–Crippen LogP) is 2.91. The lowest BCUT2D eigenvalue weighted by Gasteiger charge is -2.24. The minimum atomic E-state index is -1.19. The topological polar surface area (TPSA) is 67.4 Å². The fourth-order valence-corrected chi connectivity index (χ4v) is 2.53. The van der Waals surface area contributed by atoms with E-state index in [2.05, 4.69) is 10.6 Å². The van der Waals surface area contributed by atoms with Crippen LogP contribution in [0, 0.1) is 12.3 Å². The maximum atomic E-state index is 12.5. The van der Waals surface area contributed by atoms with Crippen molar-refractivity contribution in [1.29, 1.82) is 0 Å². The molecule has 0 bridgehead atoms. The molecule has 0 aliphatic carbocycles. The van der Waals surface area contributed by atoms with Gasteiger partial charge in [-0.05, 0) is 51.3 Å². The zero-order valence-electron chi connectivity index (χ0n) is 13.7. The lowest BCUT2D eigenvalue weighted by atomic mass is 9.90. The van der Waals surface area contributed by atoms with Crippen LogP contribution in [0.15, 0.2) is 18.2 Å². The molecule has 6 heteroatoms. The van der Waals surface area contributed by atoms with Crippen LogP contribution in [0.3, 0.4) is 0 Å². The number of halogens is 1. The van der Waals surface area contributed by atoms with Crippen molar-refractivity contribution >= 4 is 29.1 Å². The van der Waals surface area contributed by atoms with Crippen LogP contribution in [0.4, 0.5) is 5.69 Å². The van der Waals surface area contributed by atoms with Crippen LogP contribution >= 0.6 is 11.6 Å². The largest absolute Gasteiger partial charge is 0.376 e. The molecule has 0 spiro atoms. The molecule has 23 heavy (non-hydrogen) atoms. The molecule has 0 saturated carbocycles. The molecule has 0 aromatic heterocycles. The summed E-state index contributed by atoms with van der Waals surface area (Å²) in [5.74, 6) is -0.683. The van der Waals surface area contributed by atoms with Crippen molar-refractivity contribution in [2.75, 3.05) is 18.5 Å². The van der Waals surface area contributed by atoms with Crippen LogP contribution in [-0.4, -0.2) is 31.1 Å². The normalized spacial score (nSPS) is 17.8. The SMILES string of the molecule is Cc1c(Cl)cccc1NC(=O)C(C)(C)C(=O)NCC1CCCO1. The zero-order chi connectivity index (χ0) is 17.0. The van der Waals surface area contributed by atoms with Crippen molar-refractivity contribution in [2.45, 2.75) is 39.7 Å². The smallest absolute Gasteiger partial charge is 0.239 e. The molecule has 2 amide bonds. The maximum Gasteiger partial charge on any atom is 0.239 e. The third-order valence-electron chi connectivity index (χ3n) is 4.17. The molecule has 1 unspecified atom stereocenters. The van der Waals surface area contributed by atoms with E-state index in [9.17, 15) is 9.59 Å². The van der Waals surface area contributed by atoms with Gasteiger partial charge < -0.3 is 15.4 Å². The number of ether oxygens (including phenoxy) is 1. The Morgan fingerprint density at radius 2 is 2.09 bits per heavy atom. The molecule has 1 aliphatic rings. The standard InChI is InChI=1S/C17H23ClN2O3/c1-11-13(18)7-4-8-14(11)20-16(22)17(2,3)15(21)19-10-12-6-5-9-23-12/h4,7-8,12H,5-6,9-10H2,1-3H3,(H,19,21)(H,20,22). The minimum Gasteiger partial charge on any atom is -0.376 e. The summed E-state index contributed by atoms with van der Waals surface area (Å²) < 4.78 is 5.47. The summed E-state index contributed by atoms with van der Waals surface area (Å²) in [5, 5.41) is 6.16. The molecule has 1 aromatic rings. The van der Waals surface area contributed by atoms with Gasteiger partial charge in [-0.3, -0.25) is 9.59 Å². The Morgan fingerprint density at radius 3 is 2.74 bits per heavy atom. The van der Waals surface area contributed by atoms with Gasteiger partial charge in [0.1, 0.15) is 5.41 Å². The summed E-state index contributed by atoms with van der Waals surface area (Å²) in [4.78, 5) is 24.8. The fourth-order valence-electron chi connectivity index (χ4n) is 2.36. The van der Waals surface area contributed by atoms with Gasteiger partial charge >= 0.3 is 0 Å². The van der Waals surface area contributed by atoms with E-state index in [4.69, 9.17) is 16.3 Å². The van der Waals surface area contributed by atoms with Gasteiger partial charge in [0.15, 0.2) is 0 Å². The van der Waals surface area contributed by atoms with Gasteiger partial charge in [0.25, 0.3) is 0 Å². The summed E-state index contributed by atoms with van der Waals surface area (Å²) in [6.07, 6.45) is 2.00. The number of amides is 2. The summed E-state index contributed by atoms with van der Waals surface area (Å²) in [5.41, 5.74) is 0.202. The quantitative estimate of drug-likeness (QED) is 0.811. The highest BCUT2D eigenvalue weighted by Crippen LogP contribution is 2.25. The number of hydrogen-bond donors (Lipinski definition) is 2. The van der Waals surface area contributed by atoms with E-state index in [1.807, 2.05) is 6.92 Å². The molecule has 2 N–H and O–H groups in total.